The predicted octanol–water partition coefficient (Wildman–Crippen LogP) is 3.88. The number of hydrogen-bond donors (Lipinski definition) is 0. The van der Waals surface area contributed by atoms with Crippen molar-refractivity contribution in [2.24, 2.45) is 0 Å². The SMILES string of the molecule is COc1c(C)cc(C(=O)c2cc([N+](=O)[O-])ccc2Cl)c(C[N+](=O)[O-])c1C. The van der Waals surface area contributed by atoms with Crippen LogP contribution < -0.4 is 4.74 Å². The minimum Gasteiger partial charge on any atom is -0.496 e. The van der Waals surface area contributed by atoms with Crippen molar-refractivity contribution in [1.82, 2.24) is 0 Å². The summed E-state index contributed by atoms with van der Waals surface area (Å²) in [5, 5.41) is 22.1. The van der Waals surface area contributed by atoms with Gasteiger partial charge in [0.15, 0.2) is 5.78 Å². The number of aryl methyl sites for hydroxylation is 1. The van der Waals surface area contributed by atoms with Crippen molar-refractivity contribution in [3.05, 3.63) is 77.3 Å². The van der Waals surface area contributed by atoms with E-state index < -0.39 is 22.2 Å². The lowest BCUT2D eigenvalue weighted by molar-refractivity contribution is -0.496. The molecule has 0 saturated carbocycles. The summed E-state index contributed by atoms with van der Waals surface area (Å²) in [5.41, 5.74) is 0.950. The maximum absolute atomic E-state index is 13.0. The third-order valence-corrected chi connectivity index (χ3v) is 4.31. The van der Waals surface area contributed by atoms with Gasteiger partial charge in [0.2, 0.25) is 6.54 Å². The zero-order valence-electron chi connectivity index (χ0n) is 14.2. The molecule has 26 heavy (non-hydrogen) atoms. The minimum absolute atomic E-state index is 0.0266. The van der Waals surface area contributed by atoms with Crippen LogP contribution in [0.1, 0.15) is 32.6 Å². The third-order valence-electron chi connectivity index (χ3n) is 3.98. The number of rotatable bonds is 6. The van der Waals surface area contributed by atoms with Crippen LogP contribution in [0.25, 0.3) is 0 Å². The summed E-state index contributed by atoms with van der Waals surface area (Å²) in [6, 6.07) is 4.97. The maximum atomic E-state index is 13.0. The number of carbonyl (C=O) groups excluding carboxylic acids is 1. The summed E-state index contributed by atoms with van der Waals surface area (Å²) < 4.78 is 5.26. The summed E-state index contributed by atoms with van der Waals surface area (Å²) in [6.45, 7) is 2.74. The topological polar surface area (TPSA) is 113 Å². The van der Waals surface area contributed by atoms with Gasteiger partial charge in [-0.2, -0.15) is 0 Å². The molecule has 2 rings (SSSR count). The lowest BCUT2D eigenvalue weighted by Crippen LogP contribution is -2.13. The highest BCUT2D eigenvalue weighted by molar-refractivity contribution is 6.35. The van der Waals surface area contributed by atoms with E-state index >= 15 is 0 Å². The first-order chi connectivity index (χ1) is 12.2. The Morgan fingerprint density at radius 1 is 1.15 bits per heavy atom. The Morgan fingerprint density at radius 2 is 1.81 bits per heavy atom. The first kappa shape index (κ1) is 19.3. The van der Waals surface area contributed by atoms with Gasteiger partial charge >= 0.3 is 0 Å². The van der Waals surface area contributed by atoms with Gasteiger partial charge in [0.1, 0.15) is 5.75 Å². The molecule has 9 heteroatoms. The van der Waals surface area contributed by atoms with Crippen molar-refractivity contribution in [3.8, 4) is 5.75 Å². The fourth-order valence-electron chi connectivity index (χ4n) is 2.80. The fourth-order valence-corrected chi connectivity index (χ4v) is 3.00. The normalized spacial score (nSPS) is 10.5. The van der Waals surface area contributed by atoms with Crippen molar-refractivity contribution in [1.29, 1.82) is 0 Å². The van der Waals surface area contributed by atoms with Crippen molar-refractivity contribution in [3.63, 3.8) is 0 Å². The van der Waals surface area contributed by atoms with Gasteiger partial charge in [0.05, 0.1) is 17.1 Å². The smallest absolute Gasteiger partial charge is 0.270 e. The summed E-state index contributed by atoms with van der Waals surface area (Å²) in [5.74, 6) is -0.173. The molecular weight excluding hydrogens is 364 g/mol. The molecule has 2 aromatic carbocycles. The van der Waals surface area contributed by atoms with E-state index in [0.29, 0.717) is 16.9 Å². The van der Waals surface area contributed by atoms with E-state index in [0.717, 1.165) is 6.07 Å². The zero-order chi connectivity index (χ0) is 19.6. The van der Waals surface area contributed by atoms with Crippen LogP contribution in [0.3, 0.4) is 0 Å². The van der Waals surface area contributed by atoms with Crippen LogP contribution in [0, 0.1) is 34.1 Å². The number of carbonyl (C=O) groups is 1. The van der Waals surface area contributed by atoms with Gasteiger partial charge < -0.3 is 4.74 Å². The Labute approximate surface area is 153 Å². The molecule has 0 aliphatic heterocycles. The van der Waals surface area contributed by atoms with Gasteiger partial charge in [-0.3, -0.25) is 25.0 Å². The molecule has 0 unspecified atom stereocenters. The number of hydrogen-bond acceptors (Lipinski definition) is 6. The molecule has 136 valence electrons. The first-order valence-corrected chi connectivity index (χ1v) is 7.82. The third kappa shape index (κ3) is 3.65. The highest BCUT2D eigenvalue weighted by Gasteiger charge is 2.25. The van der Waals surface area contributed by atoms with E-state index in [4.69, 9.17) is 16.3 Å². The largest absolute Gasteiger partial charge is 0.496 e. The highest BCUT2D eigenvalue weighted by atomic mass is 35.5. The summed E-state index contributed by atoms with van der Waals surface area (Å²) in [4.78, 5) is 33.8. The van der Waals surface area contributed by atoms with Crippen LogP contribution in [0.5, 0.6) is 5.75 Å². The first-order valence-electron chi connectivity index (χ1n) is 7.44. The standard InChI is InChI=1S/C17H15ClN2O6/c1-9-6-12(14(8-19(22)23)10(2)17(9)26-3)16(21)13-7-11(20(24)25)4-5-15(13)18/h4-7H,8H2,1-3H3. The number of methoxy groups -OCH3 is 1. The molecular formula is C17H15ClN2O6. The van der Waals surface area contributed by atoms with Crippen molar-refractivity contribution in [2.45, 2.75) is 20.4 Å². The van der Waals surface area contributed by atoms with Crippen LogP contribution in [-0.4, -0.2) is 22.7 Å². The van der Waals surface area contributed by atoms with Crippen LogP contribution in [0.4, 0.5) is 5.69 Å². The van der Waals surface area contributed by atoms with Gasteiger partial charge in [0, 0.05) is 39.3 Å². The van der Waals surface area contributed by atoms with E-state index in [-0.39, 0.29) is 27.4 Å². The number of ketones is 1. The van der Waals surface area contributed by atoms with Crippen LogP contribution in [0.2, 0.25) is 5.02 Å². The Kier molecular flexibility index (Phi) is 5.56. The Morgan fingerprint density at radius 3 is 2.35 bits per heavy atom. The number of ether oxygens (including phenoxy) is 1. The number of benzene rings is 2. The van der Waals surface area contributed by atoms with E-state index in [1.54, 1.807) is 13.8 Å². The number of nitro benzene ring substituents is 1. The van der Waals surface area contributed by atoms with Crippen LogP contribution in [-0.2, 0) is 6.54 Å². The number of nitrogens with zero attached hydrogens (tertiary/aromatic N) is 2. The van der Waals surface area contributed by atoms with Crippen molar-refractivity contribution >= 4 is 23.1 Å². The quantitative estimate of drug-likeness (QED) is 0.428. The Bertz CT molecular complexity index is 926. The Hall–Kier alpha value is -3.00. The molecule has 8 nitrogen and oxygen atoms in total. The maximum Gasteiger partial charge on any atom is 0.270 e. The lowest BCUT2D eigenvalue weighted by atomic mass is 9.92. The lowest BCUT2D eigenvalue weighted by Gasteiger charge is -2.16. The number of halogens is 1. The van der Waals surface area contributed by atoms with E-state index in [1.807, 2.05) is 0 Å². The summed E-state index contributed by atoms with van der Waals surface area (Å²) in [6.07, 6.45) is 0. The molecule has 0 aromatic heterocycles. The molecule has 0 spiro atoms. The molecule has 0 aliphatic rings. The summed E-state index contributed by atoms with van der Waals surface area (Å²) in [7, 11) is 1.43. The van der Waals surface area contributed by atoms with E-state index in [9.17, 15) is 25.0 Å². The fraction of sp³-hybridized carbons (Fsp3) is 0.235. The molecule has 0 atom stereocenters. The van der Waals surface area contributed by atoms with Gasteiger partial charge in [-0.15, -0.1) is 0 Å². The molecule has 0 N–H and O–H groups in total. The molecule has 0 fully saturated rings. The van der Waals surface area contributed by atoms with E-state index in [1.165, 1.54) is 25.3 Å². The Balaban J connectivity index is 2.71. The molecule has 0 aliphatic carbocycles. The van der Waals surface area contributed by atoms with E-state index in [2.05, 4.69) is 0 Å². The molecule has 0 bridgehead atoms. The minimum atomic E-state index is -0.643. The predicted molar refractivity (Wildman–Crippen MR) is 94.7 cm³/mol. The molecule has 0 radical (unpaired) electrons. The molecule has 2 aromatic rings. The van der Waals surface area contributed by atoms with Gasteiger partial charge in [-0.25, -0.2) is 0 Å². The van der Waals surface area contributed by atoms with Crippen LogP contribution in [0.15, 0.2) is 24.3 Å². The average molecular weight is 379 g/mol. The molecule has 0 amide bonds. The van der Waals surface area contributed by atoms with Crippen molar-refractivity contribution < 1.29 is 19.4 Å². The van der Waals surface area contributed by atoms with Gasteiger partial charge in [-0.1, -0.05) is 11.6 Å². The second kappa shape index (κ2) is 7.49. The highest BCUT2D eigenvalue weighted by Crippen LogP contribution is 2.32. The average Bonchev–Trinajstić information content (AvgIpc) is 2.57. The molecule has 0 heterocycles. The number of nitro groups is 2. The zero-order valence-corrected chi connectivity index (χ0v) is 15.0. The van der Waals surface area contributed by atoms with Gasteiger partial charge in [-0.05, 0) is 31.5 Å². The monoisotopic (exact) mass is 378 g/mol. The second-order valence-electron chi connectivity index (χ2n) is 5.62. The van der Waals surface area contributed by atoms with Gasteiger partial charge in [0.25, 0.3) is 5.69 Å². The molecule has 0 saturated heterocycles. The second-order valence-corrected chi connectivity index (χ2v) is 6.03. The van der Waals surface area contributed by atoms with Crippen LogP contribution >= 0.6 is 11.6 Å². The number of non-ortho nitro benzene ring substituents is 1. The summed E-state index contributed by atoms with van der Waals surface area (Å²) >= 11 is 6.04. The van der Waals surface area contributed by atoms with Crippen molar-refractivity contribution in [2.75, 3.05) is 7.11 Å².